The lowest BCUT2D eigenvalue weighted by Gasteiger charge is -2.34. The highest BCUT2D eigenvalue weighted by molar-refractivity contribution is 5.88. The van der Waals surface area contributed by atoms with E-state index in [2.05, 4.69) is 25.6 Å². The van der Waals surface area contributed by atoms with Gasteiger partial charge in [0.05, 0.1) is 25.0 Å². The predicted molar refractivity (Wildman–Crippen MR) is 140 cm³/mol. The van der Waals surface area contributed by atoms with Crippen molar-refractivity contribution in [1.82, 2.24) is 20.6 Å². The number of hydrogen-bond donors (Lipinski definition) is 4. The van der Waals surface area contributed by atoms with E-state index in [1.807, 2.05) is 66.9 Å². The molecule has 0 bridgehead atoms. The maximum absolute atomic E-state index is 12.2. The molecular weight excluding hydrogens is 454 g/mol. The van der Waals surface area contributed by atoms with Crippen LogP contribution in [-0.2, 0) is 10.2 Å². The normalized spacial score (nSPS) is 14.6. The molecule has 2 aromatic heterocycles. The van der Waals surface area contributed by atoms with E-state index in [0.29, 0.717) is 6.61 Å². The first-order chi connectivity index (χ1) is 17.7. The van der Waals surface area contributed by atoms with E-state index in [9.17, 15) is 9.90 Å². The Hall–Kier alpha value is -4.33. The maximum atomic E-state index is 12.2. The minimum absolute atomic E-state index is 0.0978. The van der Waals surface area contributed by atoms with Crippen LogP contribution in [0.3, 0.4) is 0 Å². The SMILES string of the molecule is O=C(O)CC(c1ccccc1)(c1ccncc1)c1c[nH]c2cc(OCCCNC3=NCCN3)ccc12. The Bertz CT molecular complexity index is 1310. The van der Waals surface area contributed by atoms with Crippen molar-refractivity contribution in [3.05, 3.63) is 95.9 Å². The largest absolute Gasteiger partial charge is 0.493 e. The number of ether oxygens (including phenoxy) is 1. The number of pyridine rings is 1. The van der Waals surface area contributed by atoms with Crippen LogP contribution in [-0.4, -0.2) is 53.2 Å². The number of aliphatic carboxylic acids is 1. The van der Waals surface area contributed by atoms with Gasteiger partial charge in [-0.1, -0.05) is 30.3 Å². The summed E-state index contributed by atoms with van der Waals surface area (Å²) in [5.41, 5.74) is 2.69. The van der Waals surface area contributed by atoms with E-state index < -0.39 is 11.4 Å². The van der Waals surface area contributed by atoms with Gasteiger partial charge in [-0.05, 0) is 47.4 Å². The van der Waals surface area contributed by atoms with Crippen molar-refractivity contribution in [1.29, 1.82) is 0 Å². The molecule has 0 aliphatic carbocycles. The summed E-state index contributed by atoms with van der Waals surface area (Å²) in [4.78, 5) is 24.1. The summed E-state index contributed by atoms with van der Waals surface area (Å²) in [5.74, 6) is 0.741. The van der Waals surface area contributed by atoms with Gasteiger partial charge in [-0.15, -0.1) is 0 Å². The summed E-state index contributed by atoms with van der Waals surface area (Å²) < 4.78 is 5.98. The number of aromatic nitrogens is 2. The Labute approximate surface area is 209 Å². The number of guanidine groups is 1. The number of carbonyl (C=O) groups is 1. The molecule has 3 heterocycles. The number of carboxylic acids is 1. The summed E-state index contributed by atoms with van der Waals surface area (Å²) in [6, 6.07) is 19.5. The molecular formula is C28H29N5O3. The molecule has 8 nitrogen and oxygen atoms in total. The topological polar surface area (TPSA) is 112 Å². The van der Waals surface area contributed by atoms with Crippen LogP contribution in [0.15, 0.2) is 84.2 Å². The van der Waals surface area contributed by atoms with E-state index in [1.54, 1.807) is 12.4 Å². The van der Waals surface area contributed by atoms with Gasteiger partial charge in [-0.2, -0.15) is 0 Å². The van der Waals surface area contributed by atoms with Crippen LogP contribution in [0.2, 0.25) is 0 Å². The third-order valence-electron chi connectivity index (χ3n) is 6.53. The highest BCUT2D eigenvalue weighted by Crippen LogP contribution is 2.45. The van der Waals surface area contributed by atoms with Crippen molar-refractivity contribution in [3.63, 3.8) is 0 Å². The van der Waals surface area contributed by atoms with Gasteiger partial charge in [-0.25, -0.2) is 0 Å². The minimum Gasteiger partial charge on any atom is -0.493 e. The number of nitrogens with zero attached hydrogens (tertiary/aromatic N) is 2. The van der Waals surface area contributed by atoms with Crippen LogP contribution < -0.4 is 15.4 Å². The molecule has 0 saturated carbocycles. The van der Waals surface area contributed by atoms with E-state index in [1.165, 1.54) is 0 Å². The molecule has 36 heavy (non-hydrogen) atoms. The van der Waals surface area contributed by atoms with E-state index >= 15 is 0 Å². The molecule has 0 amide bonds. The fourth-order valence-electron chi connectivity index (χ4n) is 4.90. The number of carboxylic acid groups (broad SMARTS) is 1. The predicted octanol–water partition coefficient (Wildman–Crippen LogP) is 3.69. The molecule has 4 aromatic rings. The van der Waals surface area contributed by atoms with Crippen molar-refractivity contribution in [2.75, 3.05) is 26.2 Å². The zero-order valence-corrected chi connectivity index (χ0v) is 19.9. The molecule has 1 aliphatic heterocycles. The van der Waals surface area contributed by atoms with Crippen molar-refractivity contribution in [2.24, 2.45) is 4.99 Å². The van der Waals surface area contributed by atoms with Crippen molar-refractivity contribution in [2.45, 2.75) is 18.3 Å². The zero-order chi connectivity index (χ0) is 24.8. The molecule has 184 valence electrons. The molecule has 0 saturated heterocycles. The molecule has 4 N–H and O–H groups in total. The second-order valence-electron chi connectivity index (χ2n) is 8.77. The number of rotatable bonds is 10. The van der Waals surface area contributed by atoms with Gasteiger partial charge in [0.1, 0.15) is 5.75 Å². The standard InChI is InChI=1S/C28H29N5O3/c34-26(35)18-28(20-5-2-1-3-6-20,21-9-12-29-13-10-21)24-19-33-25-17-22(7-8-23(24)25)36-16-4-11-30-27-31-14-15-32-27/h1-3,5-10,12-13,17,19,33H,4,11,14-16,18H2,(H,34,35)(H2,30,31,32). The molecule has 8 heteroatoms. The Morgan fingerprint density at radius 1 is 1.08 bits per heavy atom. The fraction of sp³-hybridized carbons (Fsp3) is 0.250. The average Bonchev–Trinajstić information content (AvgIpc) is 3.58. The summed E-state index contributed by atoms with van der Waals surface area (Å²) in [6.07, 6.45) is 6.08. The van der Waals surface area contributed by atoms with E-state index in [-0.39, 0.29) is 6.42 Å². The molecule has 1 atom stereocenters. The lowest BCUT2D eigenvalue weighted by atomic mass is 9.67. The van der Waals surface area contributed by atoms with E-state index in [0.717, 1.165) is 65.4 Å². The van der Waals surface area contributed by atoms with Gasteiger partial charge in [0.25, 0.3) is 0 Å². The van der Waals surface area contributed by atoms with Gasteiger partial charge in [0, 0.05) is 48.6 Å². The Balaban J connectivity index is 1.44. The van der Waals surface area contributed by atoms with Gasteiger partial charge in [0.2, 0.25) is 0 Å². The monoisotopic (exact) mass is 483 g/mol. The number of H-pyrrole nitrogens is 1. The van der Waals surface area contributed by atoms with Crippen LogP contribution in [0.25, 0.3) is 10.9 Å². The Morgan fingerprint density at radius 2 is 1.89 bits per heavy atom. The molecule has 2 aromatic carbocycles. The lowest BCUT2D eigenvalue weighted by Crippen LogP contribution is -2.34. The molecule has 1 unspecified atom stereocenters. The summed E-state index contributed by atoms with van der Waals surface area (Å²) in [7, 11) is 0. The number of hydrogen-bond acceptors (Lipinski definition) is 6. The summed E-state index contributed by atoms with van der Waals surface area (Å²) in [5, 5.41) is 17.4. The molecule has 1 aliphatic rings. The van der Waals surface area contributed by atoms with Crippen molar-refractivity contribution >= 4 is 22.8 Å². The zero-order valence-electron chi connectivity index (χ0n) is 19.9. The second-order valence-corrected chi connectivity index (χ2v) is 8.77. The summed E-state index contributed by atoms with van der Waals surface area (Å²) >= 11 is 0. The van der Waals surface area contributed by atoms with Crippen LogP contribution in [0, 0.1) is 0 Å². The minimum atomic E-state index is -0.890. The van der Waals surface area contributed by atoms with Crippen LogP contribution in [0.4, 0.5) is 0 Å². The fourth-order valence-corrected chi connectivity index (χ4v) is 4.90. The summed E-state index contributed by atoms with van der Waals surface area (Å²) in [6.45, 7) is 3.05. The Kier molecular flexibility index (Phi) is 6.84. The number of fused-ring (bicyclic) bond motifs is 1. The van der Waals surface area contributed by atoms with Gasteiger partial charge >= 0.3 is 5.97 Å². The van der Waals surface area contributed by atoms with Gasteiger partial charge in [-0.3, -0.25) is 14.8 Å². The van der Waals surface area contributed by atoms with Crippen LogP contribution >= 0.6 is 0 Å². The first kappa shape index (κ1) is 23.4. The van der Waals surface area contributed by atoms with Crippen LogP contribution in [0.1, 0.15) is 29.5 Å². The van der Waals surface area contributed by atoms with Gasteiger partial charge < -0.3 is 25.5 Å². The quantitative estimate of drug-likeness (QED) is 0.256. The third-order valence-corrected chi connectivity index (χ3v) is 6.53. The average molecular weight is 484 g/mol. The highest BCUT2D eigenvalue weighted by Gasteiger charge is 2.40. The number of aromatic amines is 1. The maximum Gasteiger partial charge on any atom is 0.304 e. The molecule has 0 spiro atoms. The molecule has 0 fully saturated rings. The first-order valence-corrected chi connectivity index (χ1v) is 12.1. The highest BCUT2D eigenvalue weighted by atomic mass is 16.5. The number of benzene rings is 2. The van der Waals surface area contributed by atoms with Gasteiger partial charge in [0.15, 0.2) is 5.96 Å². The molecule has 0 radical (unpaired) electrons. The second kappa shape index (κ2) is 10.5. The smallest absolute Gasteiger partial charge is 0.304 e. The number of nitrogens with one attached hydrogen (secondary N) is 3. The van der Waals surface area contributed by atoms with Crippen LogP contribution in [0.5, 0.6) is 5.75 Å². The van der Waals surface area contributed by atoms with Crippen molar-refractivity contribution < 1.29 is 14.6 Å². The lowest BCUT2D eigenvalue weighted by molar-refractivity contribution is -0.137. The third kappa shape index (κ3) is 4.75. The van der Waals surface area contributed by atoms with Crippen molar-refractivity contribution in [3.8, 4) is 5.75 Å². The Morgan fingerprint density at radius 3 is 2.64 bits per heavy atom. The molecule has 5 rings (SSSR count). The van der Waals surface area contributed by atoms with E-state index in [4.69, 9.17) is 4.74 Å². The number of aliphatic imine (C=N–C) groups is 1. The first-order valence-electron chi connectivity index (χ1n) is 12.1.